The van der Waals surface area contributed by atoms with Gasteiger partial charge in [-0.2, -0.15) is 0 Å². The van der Waals surface area contributed by atoms with Gasteiger partial charge >= 0.3 is 6.03 Å². The minimum absolute atomic E-state index is 0.101. The first kappa shape index (κ1) is 30.6. The smallest absolute Gasteiger partial charge is 0.322 e. The van der Waals surface area contributed by atoms with Gasteiger partial charge in [-0.25, -0.2) is 9.78 Å². The second-order valence-corrected chi connectivity index (χ2v) is 11.7. The third-order valence-corrected chi connectivity index (χ3v) is 8.45. The highest BCUT2D eigenvalue weighted by atomic mass is 35.5. The minimum atomic E-state index is -0.128. The quantitative estimate of drug-likeness (QED) is 0.298. The van der Waals surface area contributed by atoms with Crippen molar-refractivity contribution in [2.45, 2.75) is 58.7 Å². The second-order valence-electron chi connectivity index (χ2n) is 11.3. The zero-order chi connectivity index (χ0) is 30.3. The molecule has 0 bridgehead atoms. The topological polar surface area (TPSA) is 96.0 Å². The van der Waals surface area contributed by atoms with Gasteiger partial charge in [0.15, 0.2) is 11.5 Å². The van der Waals surface area contributed by atoms with Gasteiger partial charge in [0.1, 0.15) is 18.4 Å². The molecular weight excluding hydrogens is 566 g/mol. The van der Waals surface area contributed by atoms with Crippen LogP contribution >= 0.6 is 11.6 Å². The zero-order valence-corrected chi connectivity index (χ0v) is 25.8. The van der Waals surface area contributed by atoms with Gasteiger partial charge in [0.2, 0.25) is 0 Å². The lowest BCUT2D eigenvalue weighted by molar-refractivity contribution is 0.0918. The van der Waals surface area contributed by atoms with Crippen LogP contribution in [0.1, 0.15) is 53.4 Å². The number of anilines is 1. The molecular formula is C33H40ClN5O4. The molecule has 10 heteroatoms. The van der Waals surface area contributed by atoms with Gasteiger partial charge < -0.3 is 29.9 Å². The fourth-order valence-electron chi connectivity index (χ4n) is 5.89. The molecule has 0 radical (unpaired) electrons. The number of piperidine rings is 1. The molecule has 0 saturated carbocycles. The van der Waals surface area contributed by atoms with E-state index < -0.39 is 0 Å². The Labute approximate surface area is 258 Å². The molecule has 3 heterocycles. The lowest BCUT2D eigenvalue weighted by atomic mass is 10.00. The van der Waals surface area contributed by atoms with Gasteiger partial charge in [0.25, 0.3) is 5.91 Å². The van der Waals surface area contributed by atoms with Crippen LogP contribution in [0.3, 0.4) is 0 Å². The van der Waals surface area contributed by atoms with E-state index >= 15 is 0 Å². The van der Waals surface area contributed by atoms with Crippen molar-refractivity contribution < 1.29 is 19.1 Å². The molecule has 1 fully saturated rings. The summed E-state index contributed by atoms with van der Waals surface area (Å²) in [5, 5.41) is 6.54. The molecule has 5 rings (SSSR count). The Morgan fingerprint density at radius 2 is 1.77 bits per heavy atom. The zero-order valence-electron chi connectivity index (χ0n) is 25.1. The Balaban J connectivity index is 1.16. The van der Waals surface area contributed by atoms with Crippen molar-refractivity contribution in [3.8, 4) is 11.5 Å². The van der Waals surface area contributed by atoms with E-state index in [0.29, 0.717) is 65.9 Å². The van der Waals surface area contributed by atoms with Crippen molar-refractivity contribution in [3.63, 3.8) is 0 Å². The third-order valence-electron chi connectivity index (χ3n) is 8.25. The Bertz CT molecular complexity index is 1410. The number of carbonyl (C=O) groups is 2. The molecule has 0 spiro atoms. The number of rotatable bonds is 9. The number of aromatic nitrogens is 1. The summed E-state index contributed by atoms with van der Waals surface area (Å²) in [4.78, 5) is 35.1. The van der Waals surface area contributed by atoms with Crippen LogP contribution in [0.2, 0.25) is 5.15 Å². The number of ether oxygens (including phenoxy) is 2. The minimum Gasteiger partial charge on any atom is -0.486 e. The monoisotopic (exact) mass is 605 g/mol. The van der Waals surface area contributed by atoms with Crippen molar-refractivity contribution >= 4 is 29.2 Å². The Kier molecular flexibility index (Phi) is 10.0. The normalized spacial score (nSPS) is 15.9. The van der Waals surface area contributed by atoms with Crippen molar-refractivity contribution in [1.82, 2.24) is 20.1 Å². The van der Waals surface area contributed by atoms with Crippen LogP contribution in [-0.4, -0.2) is 71.7 Å². The first-order chi connectivity index (χ1) is 20.8. The van der Waals surface area contributed by atoms with Gasteiger partial charge in [0.05, 0.1) is 11.3 Å². The molecule has 228 valence electrons. The van der Waals surface area contributed by atoms with E-state index in [1.165, 1.54) is 0 Å². The van der Waals surface area contributed by atoms with E-state index in [1.807, 2.05) is 48.2 Å². The number of likely N-dealkylation sites (tertiary alicyclic amines) is 1. The molecule has 0 aliphatic carbocycles. The van der Waals surface area contributed by atoms with Crippen LogP contribution in [0.5, 0.6) is 11.5 Å². The molecule has 2 aromatic carbocycles. The second kappa shape index (κ2) is 14.1. The first-order valence-corrected chi connectivity index (χ1v) is 15.3. The molecule has 2 aliphatic rings. The fourth-order valence-corrected chi connectivity index (χ4v) is 6.19. The maximum absolute atomic E-state index is 13.7. The predicted molar refractivity (Wildman–Crippen MR) is 168 cm³/mol. The molecule has 1 aromatic heterocycles. The van der Waals surface area contributed by atoms with Crippen LogP contribution in [0.25, 0.3) is 0 Å². The summed E-state index contributed by atoms with van der Waals surface area (Å²) in [7, 11) is 0. The molecule has 1 saturated heterocycles. The summed E-state index contributed by atoms with van der Waals surface area (Å²) in [6.07, 6.45) is 2.56. The number of nitrogens with zero attached hydrogens (tertiary/aromatic N) is 3. The average Bonchev–Trinajstić information content (AvgIpc) is 3.00. The number of fused-ring (bicyclic) bond motifs is 1. The molecule has 3 aromatic rings. The Morgan fingerprint density at radius 3 is 2.49 bits per heavy atom. The summed E-state index contributed by atoms with van der Waals surface area (Å²) in [6.45, 7) is 9.75. The van der Waals surface area contributed by atoms with E-state index in [0.717, 1.165) is 43.5 Å². The van der Waals surface area contributed by atoms with Gasteiger partial charge in [-0.1, -0.05) is 41.9 Å². The molecule has 2 N–H and O–H groups in total. The summed E-state index contributed by atoms with van der Waals surface area (Å²) in [5.74, 6) is 1.22. The van der Waals surface area contributed by atoms with E-state index in [9.17, 15) is 9.59 Å². The van der Waals surface area contributed by atoms with E-state index in [4.69, 9.17) is 21.1 Å². The summed E-state index contributed by atoms with van der Waals surface area (Å²) in [5.41, 5.74) is 3.82. The number of pyridine rings is 1. The van der Waals surface area contributed by atoms with Gasteiger partial charge in [-0.05, 0) is 69.4 Å². The molecule has 1 atom stereocenters. The summed E-state index contributed by atoms with van der Waals surface area (Å²) in [6, 6.07) is 17.6. The van der Waals surface area contributed by atoms with Crippen LogP contribution in [0.15, 0.2) is 54.6 Å². The predicted octanol–water partition coefficient (Wildman–Crippen LogP) is 5.83. The van der Waals surface area contributed by atoms with Crippen LogP contribution < -0.4 is 20.1 Å². The highest BCUT2D eigenvalue weighted by Crippen LogP contribution is 2.33. The highest BCUT2D eigenvalue weighted by Gasteiger charge is 2.30. The molecule has 2 aliphatic heterocycles. The van der Waals surface area contributed by atoms with Crippen LogP contribution in [0, 0.1) is 13.8 Å². The van der Waals surface area contributed by atoms with E-state index in [-0.39, 0.29) is 18.0 Å². The Hall–Kier alpha value is -3.82. The van der Waals surface area contributed by atoms with Crippen LogP contribution in [0.4, 0.5) is 10.5 Å². The molecule has 1 unspecified atom stereocenters. The lowest BCUT2D eigenvalue weighted by Gasteiger charge is -2.41. The first-order valence-electron chi connectivity index (χ1n) is 15.0. The summed E-state index contributed by atoms with van der Waals surface area (Å²) < 4.78 is 11.3. The maximum Gasteiger partial charge on any atom is 0.322 e. The maximum atomic E-state index is 13.7. The number of nitrogens with one attached hydrogen (secondary N) is 2. The standard InChI is InChI=1S/C33H40ClN5O4/c1-22-19-30(34)36-24(3)31(22)32(40)35-14-11-23(2)38-15-12-27(13-16-38)39(21-25-7-5-4-6-8-25)33(41)37-26-9-10-28-29(20-26)43-18-17-42-28/h4-10,19-20,23,27H,11-18,21H2,1-3H3,(H,35,40)(H,37,41). The fraction of sp³-hybridized carbons (Fsp3) is 0.424. The van der Waals surface area contributed by atoms with Gasteiger partial charge in [0, 0.05) is 50.0 Å². The van der Waals surface area contributed by atoms with Crippen molar-refractivity contribution in [2.75, 3.05) is 38.2 Å². The van der Waals surface area contributed by atoms with Crippen molar-refractivity contribution in [3.05, 3.63) is 82.1 Å². The number of hydrogen-bond acceptors (Lipinski definition) is 6. The number of urea groups is 1. The molecule has 43 heavy (non-hydrogen) atoms. The van der Waals surface area contributed by atoms with E-state index in [2.05, 4.69) is 39.6 Å². The van der Waals surface area contributed by atoms with Gasteiger partial charge in [-0.15, -0.1) is 0 Å². The number of aryl methyl sites for hydroxylation is 2. The largest absolute Gasteiger partial charge is 0.486 e. The van der Waals surface area contributed by atoms with Gasteiger partial charge in [-0.3, -0.25) is 4.79 Å². The molecule has 9 nitrogen and oxygen atoms in total. The number of carbonyl (C=O) groups excluding carboxylic acids is 2. The van der Waals surface area contributed by atoms with Crippen LogP contribution in [-0.2, 0) is 6.54 Å². The van der Waals surface area contributed by atoms with Crippen molar-refractivity contribution in [1.29, 1.82) is 0 Å². The number of amides is 3. The third kappa shape index (κ3) is 7.77. The lowest BCUT2D eigenvalue weighted by Crippen LogP contribution is -2.50. The molecule has 3 amide bonds. The highest BCUT2D eigenvalue weighted by molar-refractivity contribution is 6.29. The SMILES string of the molecule is Cc1cc(Cl)nc(C)c1C(=O)NCCC(C)N1CCC(N(Cc2ccccc2)C(=O)Nc2ccc3c(c2)OCCO3)CC1. The Morgan fingerprint density at radius 1 is 1.05 bits per heavy atom. The average molecular weight is 606 g/mol. The number of halogens is 1. The number of hydrogen-bond donors (Lipinski definition) is 2. The van der Waals surface area contributed by atoms with E-state index in [1.54, 1.807) is 13.0 Å². The number of benzene rings is 2. The van der Waals surface area contributed by atoms with Crippen molar-refractivity contribution in [2.24, 2.45) is 0 Å². The summed E-state index contributed by atoms with van der Waals surface area (Å²) >= 11 is 6.02.